The van der Waals surface area contributed by atoms with Gasteiger partial charge in [-0.15, -0.1) is 0 Å². The molecular weight excluding hydrogens is 250 g/mol. The Bertz CT molecular complexity index is 596. The van der Waals surface area contributed by atoms with E-state index in [-0.39, 0.29) is 18.0 Å². The highest BCUT2D eigenvalue weighted by atomic mass is 35.5. The van der Waals surface area contributed by atoms with Crippen molar-refractivity contribution < 1.29 is 0 Å². The van der Waals surface area contributed by atoms with Crippen LogP contribution in [0.2, 0.25) is 5.02 Å². The minimum absolute atomic E-state index is 0.0940. The molecule has 0 aliphatic heterocycles. The van der Waals surface area contributed by atoms with Gasteiger partial charge in [-0.1, -0.05) is 25.4 Å². The van der Waals surface area contributed by atoms with Crippen LogP contribution in [0.3, 0.4) is 0 Å². The van der Waals surface area contributed by atoms with Gasteiger partial charge in [0, 0.05) is 17.3 Å². The summed E-state index contributed by atoms with van der Waals surface area (Å²) in [6, 6.07) is 7.10. The monoisotopic (exact) mass is 265 g/mol. The van der Waals surface area contributed by atoms with Crippen molar-refractivity contribution in [3.05, 3.63) is 50.9 Å². The summed E-state index contributed by atoms with van der Waals surface area (Å²) in [5.74, 6) is 0.227. The minimum Gasteiger partial charge on any atom is -0.326 e. The molecule has 0 radical (unpaired) electrons. The summed E-state index contributed by atoms with van der Waals surface area (Å²) >= 11 is 5.84. The van der Waals surface area contributed by atoms with Crippen LogP contribution in [0.5, 0.6) is 0 Å². The molecule has 2 aromatic rings. The Kier molecular flexibility index (Phi) is 3.59. The Labute approximate surface area is 110 Å². The average molecular weight is 266 g/mol. The lowest BCUT2D eigenvalue weighted by Crippen LogP contribution is -2.19. The molecule has 2 rings (SSSR count). The summed E-state index contributed by atoms with van der Waals surface area (Å²) in [4.78, 5) is 12.2. The zero-order valence-electron chi connectivity index (χ0n) is 10.4. The molecule has 0 aliphatic rings. The number of nitrogens with zero attached hydrogens (tertiary/aromatic N) is 1. The average Bonchev–Trinajstić information content (AvgIpc) is 2.67. The van der Waals surface area contributed by atoms with Crippen LogP contribution in [0, 0.1) is 0 Å². The fraction of sp³-hybridized carbons (Fsp3) is 0.308. The van der Waals surface area contributed by atoms with Gasteiger partial charge in [0.25, 0.3) is 5.56 Å². The van der Waals surface area contributed by atoms with Crippen LogP contribution in [-0.2, 0) is 6.54 Å². The molecule has 0 atom stereocenters. The highest BCUT2D eigenvalue weighted by molar-refractivity contribution is 6.30. The third-order valence-corrected chi connectivity index (χ3v) is 3.14. The topological polar surface area (TPSA) is 63.8 Å². The fourth-order valence-electron chi connectivity index (χ4n) is 1.94. The van der Waals surface area contributed by atoms with Crippen LogP contribution in [-0.4, -0.2) is 9.78 Å². The van der Waals surface area contributed by atoms with Crippen molar-refractivity contribution in [2.45, 2.75) is 26.3 Å². The Hall–Kier alpha value is -1.52. The van der Waals surface area contributed by atoms with Crippen molar-refractivity contribution >= 4 is 11.6 Å². The van der Waals surface area contributed by atoms with Crippen molar-refractivity contribution in [3.8, 4) is 5.69 Å². The number of aromatic amines is 1. The molecule has 0 spiro atoms. The predicted molar refractivity (Wildman–Crippen MR) is 73.4 cm³/mol. The predicted octanol–water partition coefficient (Wildman–Crippen LogP) is 2.40. The van der Waals surface area contributed by atoms with Crippen molar-refractivity contribution in [2.24, 2.45) is 5.73 Å². The van der Waals surface area contributed by atoms with Gasteiger partial charge < -0.3 is 5.73 Å². The molecule has 1 aromatic carbocycles. The zero-order chi connectivity index (χ0) is 13.3. The highest BCUT2D eigenvalue weighted by Crippen LogP contribution is 2.17. The van der Waals surface area contributed by atoms with E-state index in [4.69, 9.17) is 17.3 Å². The molecule has 0 amide bonds. The van der Waals surface area contributed by atoms with Crippen molar-refractivity contribution in [2.75, 3.05) is 0 Å². The molecule has 0 aliphatic carbocycles. The second-order valence-corrected chi connectivity index (χ2v) is 4.92. The number of rotatable bonds is 3. The van der Waals surface area contributed by atoms with E-state index in [1.807, 2.05) is 13.8 Å². The lowest BCUT2D eigenvalue weighted by atomic mass is 10.1. The smallest absolute Gasteiger partial charge is 0.275 e. The minimum atomic E-state index is -0.0940. The number of hydrogen-bond donors (Lipinski definition) is 2. The van der Waals surface area contributed by atoms with Crippen LogP contribution < -0.4 is 11.3 Å². The van der Waals surface area contributed by atoms with Gasteiger partial charge in [-0.2, -0.15) is 0 Å². The van der Waals surface area contributed by atoms with Crippen LogP contribution in [0.15, 0.2) is 29.1 Å². The third kappa shape index (κ3) is 2.21. The number of aromatic nitrogens is 2. The molecule has 1 heterocycles. The molecule has 18 heavy (non-hydrogen) atoms. The van der Waals surface area contributed by atoms with E-state index in [1.54, 1.807) is 24.3 Å². The third-order valence-electron chi connectivity index (χ3n) is 2.88. The second kappa shape index (κ2) is 5.00. The van der Waals surface area contributed by atoms with Gasteiger partial charge in [0.1, 0.15) is 0 Å². The molecule has 4 nitrogen and oxygen atoms in total. The van der Waals surface area contributed by atoms with Crippen LogP contribution in [0.4, 0.5) is 0 Å². The largest absolute Gasteiger partial charge is 0.326 e. The second-order valence-electron chi connectivity index (χ2n) is 4.48. The normalized spacial score (nSPS) is 11.2. The van der Waals surface area contributed by atoms with Crippen molar-refractivity contribution in [1.82, 2.24) is 9.78 Å². The SMILES string of the molecule is CC(C)c1[nH]n(-c2ccc(Cl)cc2)c(=O)c1CN. The Balaban J connectivity index is 2.59. The Morgan fingerprint density at radius 2 is 1.94 bits per heavy atom. The molecule has 5 heteroatoms. The first-order valence-corrected chi connectivity index (χ1v) is 6.22. The van der Waals surface area contributed by atoms with E-state index >= 15 is 0 Å². The zero-order valence-corrected chi connectivity index (χ0v) is 11.2. The number of H-pyrrole nitrogens is 1. The number of nitrogens with two attached hydrogens (primary N) is 1. The number of benzene rings is 1. The molecule has 96 valence electrons. The lowest BCUT2D eigenvalue weighted by Gasteiger charge is -2.04. The van der Waals surface area contributed by atoms with Gasteiger partial charge in [0.15, 0.2) is 0 Å². The van der Waals surface area contributed by atoms with E-state index in [9.17, 15) is 4.79 Å². The molecule has 0 saturated heterocycles. The Morgan fingerprint density at radius 1 is 1.33 bits per heavy atom. The van der Waals surface area contributed by atoms with Crippen molar-refractivity contribution in [3.63, 3.8) is 0 Å². The van der Waals surface area contributed by atoms with Crippen molar-refractivity contribution in [1.29, 1.82) is 0 Å². The van der Waals surface area contributed by atoms with Crippen LogP contribution in [0.25, 0.3) is 5.69 Å². The standard InChI is InChI=1S/C13H16ClN3O/c1-8(2)12-11(7-15)13(18)17(16-12)10-5-3-9(14)4-6-10/h3-6,8,16H,7,15H2,1-2H3. The van der Waals surface area contributed by atoms with E-state index in [2.05, 4.69) is 5.10 Å². The lowest BCUT2D eigenvalue weighted by molar-refractivity contribution is 0.757. The van der Waals surface area contributed by atoms with E-state index in [0.29, 0.717) is 10.6 Å². The molecular formula is C13H16ClN3O. The van der Waals surface area contributed by atoms with Gasteiger partial charge in [0.2, 0.25) is 0 Å². The van der Waals surface area contributed by atoms with E-state index < -0.39 is 0 Å². The highest BCUT2D eigenvalue weighted by Gasteiger charge is 2.15. The fourth-order valence-corrected chi connectivity index (χ4v) is 2.06. The summed E-state index contributed by atoms with van der Waals surface area (Å²) in [6.45, 7) is 4.29. The van der Waals surface area contributed by atoms with Crippen LogP contribution in [0.1, 0.15) is 31.0 Å². The first kappa shape index (κ1) is 12.9. The summed E-state index contributed by atoms with van der Waals surface area (Å²) < 4.78 is 1.51. The van der Waals surface area contributed by atoms with Gasteiger partial charge in [-0.3, -0.25) is 9.89 Å². The summed E-state index contributed by atoms with van der Waals surface area (Å²) in [5, 5.41) is 3.76. The molecule has 3 N–H and O–H groups in total. The maximum Gasteiger partial charge on any atom is 0.275 e. The first-order valence-electron chi connectivity index (χ1n) is 5.84. The Morgan fingerprint density at radius 3 is 2.39 bits per heavy atom. The summed E-state index contributed by atoms with van der Waals surface area (Å²) in [6.07, 6.45) is 0. The maximum absolute atomic E-state index is 12.2. The number of hydrogen-bond acceptors (Lipinski definition) is 2. The van der Waals surface area contributed by atoms with Gasteiger partial charge >= 0.3 is 0 Å². The van der Waals surface area contributed by atoms with E-state index in [0.717, 1.165) is 11.4 Å². The first-order chi connectivity index (χ1) is 8.54. The summed E-state index contributed by atoms with van der Waals surface area (Å²) in [5.41, 5.74) is 7.84. The maximum atomic E-state index is 12.2. The molecule has 1 aromatic heterocycles. The van der Waals surface area contributed by atoms with E-state index in [1.165, 1.54) is 4.68 Å². The summed E-state index contributed by atoms with van der Waals surface area (Å²) in [7, 11) is 0. The number of nitrogens with one attached hydrogen (secondary N) is 1. The number of halogens is 1. The molecule has 0 saturated carbocycles. The van der Waals surface area contributed by atoms with Gasteiger partial charge in [-0.05, 0) is 30.2 Å². The molecule has 0 unspecified atom stereocenters. The molecule has 0 bridgehead atoms. The van der Waals surface area contributed by atoms with Crippen LogP contribution >= 0.6 is 11.6 Å². The quantitative estimate of drug-likeness (QED) is 0.895. The van der Waals surface area contributed by atoms with Gasteiger partial charge in [-0.25, -0.2) is 4.68 Å². The van der Waals surface area contributed by atoms with Gasteiger partial charge in [0.05, 0.1) is 11.3 Å². The molecule has 0 fully saturated rings.